The van der Waals surface area contributed by atoms with Crippen molar-refractivity contribution in [2.45, 2.75) is 32.5 Å². The number of carbonyl (C=O) groups is 2. The Labute approximate surface area is 298 Å². The van der Waals surface area contributed by atoms with E-state index < -0.39 is 5.91 Å². The van der Waals surface area contributed by atoms with E-state index in [0.29, 0.717) is 71.3 Å². The minimum absolute atomic E-state index is 0.0618. The minimum atomic E-state index is -0.573. The normalized spacial score (nSPS) is 15.9. The van der Waals surface area contributed by atoms with Crippen molar-refractivity contribution in [1.29, 1.82) is 5.26 Å². The van der Waals surface area contributed by atoms with Crippen LogP contribution >= 0.6 is 0 Å². The number of nitrogens with two attached hydrogens (primary N) is 1. The second-order valence-corrected chi connectivity index (χ2v) is 13.3. The maximum absolute atomic E-state index is 15.0. The van der Waals surface area contributed by atoms with Crippen LogP contribution < -0.4 is 10.5 Å². The summed E-state index contributed by atoms with van der Waals surface area (Å²) in [6.45, 7) is 6.46. The van der Waals surface area contributed by atoms with Gasteiger partial charge in [0.25, 0.3) is 11.8 Å². The summed E-state index contributed by atoms with van der Waals surface area (Å²) < 4.78 is 13.6. The van der Waals surface area contributed by atoms with Gasteiger partial charge in [-0.1, -0.05) is 66.7 Å². The van der Waals surface area contributed by atoms with Crippen LogP contribution in [0.5, 0.6) is 5.75 Å². The van der Waals surface area contributed by atoms with Gasteiger partial charge in [0.15, 0.2) is 0 Å². The molecule has 2 amide bonds. The summed E-state index contributed by atoms with van der Waals surface area (Å²) in [4.78, 5) is 32.4. The average Bonchev–Trinajstić information content (AvgIpc) is 3.43. The summed E-state index contributed by atoms with van der Waals surface area (Å²) in [5, 5.41) is 10.0. The molecule has 4 aromatic carbocycles. The third kappa shape index (κ3) is 6.89. The van der Waals surface area contributed by atoms with Gasteiger partial charge in [0.1, 0.15) is 12.4 Å². The maximum atomic E-state index is 15.0. The largest absolute Gasteiger partial charge is 0.489 e. The van der Waals surface area contributed by atoms with Gasteiger partial charge in [-0.3, -0.25) is 14.5 Å². The van der Waals surface area contributed by atoms with Crippen LogP contribution in [0.1, 0.15) is 48.7 Å². The van der Waals surface area contributed by atoms with E-state index in [2.05, 4.69) is 29.2 Å². The first-order chi connectivity index (χ1) is 24.8. The molecule has 0 aliphatic carbocycles. The molecule has 0 spiro atoms. The van der Waals surface area contributed by atoms with E-state index >= 15 is 0 Å². The highest BCUT2D eigenvalue weighted by Gasteiger charge is 2.34. The Morgan fingerprint density at radius 1 is 0.941 bits per heavy atom. The fourth-order valence-corrected chi connectivity index (χ4v) is 7.38. The van der Waals surface area contributed by atoms with Crippen LogP contribution in [-0.4, -0.2) is 65.1 Å². The summed E-state index contributed by atoms with van der Waals surface area (Å²) in [6, 6.07) is 33.2. The van der Waals surface area contributed by atoms with E-state index in [-0.39, 0.29) is 11.9 Å². The number of morpholine rings is 1. The molecule has 0 saturated carbocycles. The second-order valence-electron chi connectivity index (χ2n) is 13.3. The second kappa shape index (κ2) is 14.7. The number of aromatic nitrogens is 1. The van der Waals surface area contributed by atoms with Crippen LogP contribution in [-0.2, 0) is 31.4 Å². The van der Waals surface area contributed by atoms with Gasteiger partial charge in [0, 0.05) is 61.7 Å². The first-order valence-electron chi connectivity index (χ1n) is 17.3. The van der Waals surface area contributed by atoms with Crippen molar-refractivity contribution >= 4 is 11.8 Å². The highest BCUT2D eigenvalue weighted by Crippen LogP contribution is 2.41. The molecule has 7 rings (SSSR count). The number of ether oxygens (including phenoxy) is 2. The first-order valence-corrected chi connectivity index (χ1v) is 17.3. The lowest BCUT2D eigenvalue weighted by Gasteiger charge is -2.40. The van der Waals surface area contributed by atoms with Crippen molar-refractivity contribution < 1.29 is 19.1 Å². The standard InChI is InChI=1S/C42H41N5O4/c1-28-38(41(44)48)39(31-13-15-35(16-14-31)51-27-29-8-4-3-5-9-29)40(45(28)2)37-22-30(24-43)12-17-36(37)42(49)47-25-33-11-7-6-10-32(33)23-34(47)26-46-18-20-50-21-19-46/h3-17,22,34H,18-21,23,25-27H2,1-2H3,(H2,44,48). The van der Waals surface area contributed by atoms with Crippen molar-refractivity contribution in [1.82, 2.24) is 14.4 Å². The van der Waals surface area contributed by atoms with Gasteiger partial charge in [-0.05, 0) is 65.9 Å². The van der Waals surface area contributed by atoms with Gasteiger partial charge >= 0.3 is 0 Å². The summed E-state index contributed by atoms with van der Waals surface area (Å²) in [5.74, 6) is -0.0231. The van der Waals surface area contributed by atoms with Gasteiger partial charge in [0.2, 0.25) is 0 Å². The predicted molar refractivity (Wildman–Crippen MR) is 196 cm³/mol. The highest BCUT2D eigenvalue weighted by atomic mass is 16.5. The summed E-state index contributed by atoms with van der Waals surface area (Å²) in [5.41, 5.74) is 13.9. The zero-order chi connectivity index (χ0) is 35.5. The third-order valence-corrected chi connectivity index (χ3v) is 10.1. The van der Waals surface area contributed by atoms with Crippen molar-refractivity contribution in [3.05, 3.63) is 136 Å². The van der Waals surface area contributed by atoms with Gasteiger partial charge < -0.3 is 24.7 Å². The molecule has 3 heterocycles. The number of nitriles is 1. The number of hydrogen-bond acceptors (Lipinski definition) is 6. The van der Waals surface area contributed by atoms with E-state index in [4.69, 9.17) is 15.2 Å². The Morgan fingerprint density at radius 2 is 1.65 bits per heavy atom. The molecule has 5 aromatic rings. The Hall–Kier alpha value is -5.69. The van der Waals surface area contributed by atoms with Crippen LogP contribution in [0.4, 0.5) is 0 Å². The zero-order valence-corrected chi connectivity index (χ0v) is 29.0. The number of rotatable bonds is 9. The zero-order valence-electron chi connectivity index (χ0n) is 29.0. The molecule has 1 fully saturated rings. The van der Waals surface area contributed by atoms with E-state index in [0.717, 1.165) is 42.7 Å². The van der Waals surface area contributed by atoms with Crippen LogP contribution in [0, 0.1) is 18.3 Å². The lowest BCUT2D eigenvalue weighted by atomic mass is 9.90. The van der Waals surface area contributed by atoms with Gasteiger partial charge in [-0.15, -0.1) is 0 Å². The summed E-state index contributed by atoms with van der Waals surface area (Å²) in [6.07, 6.45) is 0.740. The molecular formula is C42H41N5O4. The van der Waals surface area contributed by atoms with Crippen LogP contribution in [0.15, 0.2) is 97.1 Å². The molecule has 1 saturated heterocycles. The molecule has 2 N–H and O–H groups in total. The Morgan fingerprint density at radius 3 is 2.35 bits per heavy atom. The molecule has 1 atom stereocenters. The molecule has 51 heavy (non-hydrogen) atoms. The molecule has 2 aliphatic rings. The monoisotopic (exact) mass is 679 g/mol. The Balaban J connectivity index is 1.31. The molecule has 9 heteroatoms. The number of amides is 2. The molecule has 1 aromatic heterocycles. The quantitative estimate of drug-likeness (QED) is 0.201. The number of benzene rings is 4. The SMILES string of the molecule is Cc1c(C(N)=O)c(-c2ccc(OCc3ccccc3)cc2)c(-c2cc(C#N)ccc2C(=O)N2Cc3ccccc3CC2CN2CCOCC2)n1C. The third-order valence-electron chi connectivity index (χ3n) is 10.1. The van der Waals surface area contributed by atoms with Gasteiger partial charge in [-0.25, -0.2) is 0 Å². The van der Waals surface area contributed by atoms with Crippen molar-refractivity contribution in [2.24, 2.45) is 12.8 Å². The van der Waals surface area contributed by atoms with E-state index in [1.807, 2.05) is 84.1 Å². The first kappa shape index (κ1) is 33.8. The lowest BCUT2D eigenvalue weighted by molar-refractivity contribution is 0.0193. The molecule has 1 unspecified atom stereocenters. The number of hydrogen-bond donors (Lipinski definition) is 1. The van der Waals surface area contributed by atoms with Gasteiger partial charge in [-0.2, -0.15) is 5.26 Å². The molecule has 258 valence electrons. The van der Waals surface area contributed by atoms with Crippen LogP contribution in [0.25, 0.3) is 22.4 Å². The number of primary amides is 1. The minimum Gasteiger partial charge on any atom is -0.489 e. The number of fused-ring (bicyclic) bond motifs is 1. The smallest absolute Gasteiger partial charge is 0.255 e. The van der Waals surface area contributed by atoms with Gasteiger partial charge in [0.05, 0.1) is 36.1 Å². The summed E-state index contributed by atoms with van der Waals surface area (Å²) >= 11 is 0. The Bertz CT molecular complexity index is 2110. The number of nitrogens with zero attached hydrogens (tertiary/aromatic N) is 4. The van der Waals surface area contributed by atoms with E-state index in [1.165, 1.54) is 5.56 Å². The molecule has 9 nitrogen and oxygen atoms in total. The Kier molecular flexibility index (Phi) is 9.71. The van der Waals surface area contributed by atoms with E-state index in [1.54, 1.807) is 18.2 Å². The average molecular weight is 680 g/mol. The van der Waals surface area contributed by atoms with Crippen molar-refractivity contribution in [3.63, 3.8) is 0 Å². The molecule has 2 aliphatic heterocycles. The topological polar surface area (TPSA) is 114 Å². The predicted octanol–water partition coefficient (Wildman–Crippen LogP) is 6.12. The lowest BCUT2D eigenvalue weighted by Crippen LogP contribution is -2.52. The van der Waals surface area contributed by atoms with Crippen LogP contribution in [0.3, 0.4) is 0 Å². The summed E-state index contributed by atoms with van der Waals surface area (Å²) in [7, 11) is 1.86. The molecule has 0 bridgehead atoms. The maximum Gasteiger partial charge on any atom is 0.255 e. The van der Waals surface area contributed by atoms with E-state index in [9.17, 15) is 14.9 Å². The fourth-order valence-electron chi connectivity index (χ4n) is 7.38. The van der Waals surface area contributed by atoms with Crippen molar-refractivity contribution in [2.75, 3.05) is 32.8 Å². The van der Waals surface area contributed by atoms with Crippen LogP contribution in [0.2, 0.25) is 0 Å². The number of carbonyl (C=O) groups excluding carboxylic acids is 2. The highest BCUT2D eigenvalue weighted by molar-refractivity contribution is 6.08. The fraction of sp³-hybridized carbons (Fsp3) is 0.262. The van der Waals surface area contributed by atoms with Crippen molar-refractivity contribution in [3.8, 4) is 34.2 Å². The molecular weight excluding hydrogens is 638 g/mol. The molecule has 0 radical (unpaired) electrons.